The molecule has 0 bridgehead atoms. The number of hydrogen-bond acceptors (Lipinski definition) is 4. The molecule has 0 unspecified atom stereocenters. The number of methoxy groups -OCH3 is 1. The summed E-state index contributed by atoms with van der Waals surface area (Å²) in [6.45, 7) is 1.05. The van der Waals surface area contributed by atoms with Gasteiger partial charge in [0.15, 0.2) is 0 Å². The highest BCUT2D eigenvalue weighted by molar-refractivity contribution is 5.31. The molecule has 1 aromatic heterocycles. The molecule has 0 amide bonds. The zero-order chi connectivity index (χ0) is 12.8. The van der Waals surface area contributed by atoms with Gasteiger partial charge in [0.05, 0.1) is 6.61 Å². The van der Waals surface area contributed by atoms with Crippen LogP contribution in [0.4, 0.5) is 0 Å². The Balaban J connectivity index is 2.09. The van der Waals surface area contributed by atoms with E-state index in [4.69, 9.17) is 15.2 Å². The Morgan fingerprint density at radius 3 is 2.72 bits per heavy atom. The topological polar surface area (TPSA) is 57.4 Å². The molecule has 0 fully saturated rings. The standard InChI is InChI=1S/C14H16N2O2/c1-17-10-11-3-2-4-13(7-11)18-14-6-5-12(8-15)9-16-14/h2-7,9H,8,10,15H2,1H3. The Labute approximate surface area is 106 Å². The molecule has 0 saturated carbocycles. The minimum atomic E-state index is 0.483. The number of ether oxygens (including phenoxy) is 2. The summed E-state index contributed by atoms with van der Waals surface area (Å²) >= 11 is 0. The lowest BCUT2D eigenvalue weighted by molar-refractivity contribution is 0.184. The Kier molecular flexibility index (Phi) is 4.28. The van der Waals surface area contributed by atoms with Crippen LogP contribution in [-0.4, -0.2) is 12.1 Å². The predicted octanol–water partition coefficient (Wildman–Crippen LogP) is 2.48. The van der Waals surface area contributed by atoms with Crippen molar-refractivity contribution >= 4 is 0 Å². The second-order valence-electron chi connectivity index (χ2n) is 3.89. The van der Waals surface area contributed by atoms with Crippen LogP contribution < -0.4 is 10.5 Å². The molecule has 0 aliphatic heterocycles. The third-order valence-corrected chi connectivity index (χ3v) is 2.47. The summed E-state index contributed by atoms with van der Waals surface area (Å²) in [4.78, 5) is 4.19. The maximum atomic E-state index is 5.66. The summed E-state index contributed by atoms with van der Waals surface area (Å²) in [5.41, 5.74) is 7.56. The van der Waals surface area contributed by atoms with E-state index < -0.39 is 0 Å². The highest BCUT2D eigenvalue weighted by Gasteiger charge is 2.00. The number of hydrogen-bond donors (Lipinski definition) is 1. The van der Waals surface area contributed by atoms with Gasteiger partial charge in [0.2, 0.25) is 5.88 Å². The maximum Gasteiger partial charge on any atom is 0.219 e. The number of rotatable bonds is 5. The predicted molar refractivity (Wildman–Crippen MR) is 69.4 cm³/mol. The van der Waals surface area contributed by atoms with Crippen molar-refractivity contribution in [3.8, 4) is 11.6 Å². The number of nitrogens with two attached hydrogens (primary N) is 1. The minimum Gasteiger partial charge on any atom is -0.439 e. The number of nitrogens with zero attached hydrogens (tertiary/aromatic N) is 1. The fourth-order valence-corrected chi connectivity index (χ4v) is 1.58. The number of aromatic nitrogens is 1. The third kappa shape index (κ3) is 3.29. The lowest BCUT2D eigenvalue weighted by Gasteiger charge is -2.07. The second kappa shape index (κ2) is 6.14. The second-order valence-corrected chi connectivity index (χ2v) is 3.89. The molecule has 2 N–H and O–H groups in total. The molecular weight excluding hydrogens is 228 g/mol. The lowest BCUT2D eigenvalue weighted by atomic mass is 10.2. The summed E-state index contributed by atoms with van der Waals surface area (Å²) in [7, 11) is 1.67. The van der Waals surface area contributed by atoms with Crippen molar-refractivity contribution in [1.82, 2.24) is 4.98 Å². The molecular formula is C14H16N2O2. The molecule has 2 aromatic rings. The lowest BCUT2D eigenvalue weighted by Crippen LogP contribution is -1.97. The molecule has 4 heteroatoms. The van der Waals surface area contributed by atoms with Gasteiger partial charge in [-0.25, -0.2) is 4.98 Å². The largest absolute Gasteiger partial charge is 0.439 e. The summed E-state index contributed by atoms with van der Waals surface area (Å²) in [5.74, 6) is 1.30. The SMILES string of the molecule is COCc1cccc(Oc2ccc(CN)cn2)c1. The third-order valence-electron chi connectivity index (χ3n) is 2.47. The quantitative estimate of drug-likeness (QED) is 0.877. The van der Waals surface area contributed by atoms with Crippen LogP contribution in [0, 0.1) is 0 Å². The van der Waals surface area contributed by atoms with Crippen molar-refractivity contribution in [2.75, 3.05) is 7.11 Å². The smallest absolute Gasteiger partial charge is 0.219 e. The van der Waals surface area contributed by atoms with Crippen LogP contribution in [0.2, 0.25) is 0 Å². The fraction of sp³-hybridized carbons (Fsp3) is 0.214. The zero-order valence-electron chi connectivity index (χ0n) is 10.3. The monoisotopic (exact) mass is 244 g/mol. The van der Waals surface area contributed by atoms with Gasteiger partial charge in [-0.05, 0) is 23.3 Å². The molecule has 18 heavy (non-hydrogen) atoms. The van der Waals surface area contributed by atoms with E-state index in [1.165, 1.54) is 0 Å². The van der Waals surface area contributed by atoms with Gasteiger partial charge in [0.1, 0.15) is 5.75 Å². The van der Waals surface area contributed by atoms with Crippen LogP contribution in [0.15, 0.2) is 42.6 Å². The van der Waals surface area contributed by atoms with Gasteiger partial charge in [-0.15, -0.1) is 0 Å². The van der Waals surface area contributed by atoms with E-state index in [2.05, 4.69) is 4.98 Å². The van der Waals surface area contributed by atoms with E-state index in [-0.39, 0.29) is 0 Å². The van der Waals surface area contributed by atoms with Crippen LogP contribution >= 0.6 is 0 Å². The highest BCUT2D eigenvalue weighted by atomic mass is 16.5. The molecule has 0 spiro atoms. The van der Waals surface area contributed by atoms with Crippen LogP contribution in [0.25, 0.3) is 0 Å². The summed E-state index contributed by atoms with van der Waals surface area (Å²) in [6.07, 6.45) is 1.72. The van der Waals surface area contributed by atoms with Crippen molar-refractivity contribution in [1.29, 1.82) is 0 Å². The zero-order valence-corrected chi connectivity index (χ0v) is 10.3. The van der Waals surface area contributed by atoms with E-state index in [1.54, 1.807) is 13.3 Å². The minimum absolute atomic E-state index is 0.483. The van der Waals surface area contributed by atoms with Gasteiger partial charge in [0.25, 0.3) is 0 Å². The van der Waals surface area contributed by atoms with E-state index in [1.807, 2.05) is 36.4 Å². The number of pyridine rings is 1. The van der Waals surface area contributed by atoms with E-state index in [0.29, 0.717) is 19.0 Å². The molecule has 0 atom stereocenters. The van der Waals surface area contributed by atoms with Gasteiger partial charge in [-0.3, -0.25) is 0 Å². The van der Waals surface area contributed by atoms with Gasteiger partial charge >= 0.3 is 0 Å². The Hall–Kier alpha value is -1.91. The van der Waals surface area contributed by atoms with Crippen molar-refractivity contribution in [3.63, 3.8) is 0 Å². The number of benzene rings is 1. The van der Waals surface area contributed by atoms with Gasteiger partial charge in [-0.2, -0.15) is 0 Å². The first-order chi connectivity index (χ1) is 8.81. The molecule has 0 radical (unpaired) electrons. The van der Waals surface area contributed by atoms with Crippen molar-refractivity contribution < 1.29 is 9.47 Å². The normalized spacial score (nSPS) is 10.3. The first kappa shape index (κ1) is 12.5. The average Bonchev–Trinajstić information content (AvgIpc) is 2.40. The van der Waals surface area contributed by atoms with Gasteiger partial charge < -0.3 is 15.2 Å². The van der Waals surface area contributed by atoms with Crippen LogP contribution in [-0.2, 0) is 17.9 Å². The Bertz CT molecular complexity index is 497. The summed E-state index contributed by atoms with van der Waals surface area (Å²) in [5, 5.41) is 0. The van der Waals surface area contributed by atoms with Gasteiger partial charge in [0, 0.05) is 25.9 Å². The van der Waals surface area contributed by atoms with Crippen LogP contribution in [0.5, 0.6) is 11.6 Å². The van der Waals surface area contributed by atoms with Crippen LogP contribution in [0.1, 0.15) is 11.1 Å². The fourth-order valence-electron chi connectivity index (χ4n) is 1.58. The van der Waals surface area contributed by atoms with Crippen LogP contribution in [0.3, 0.4) is 0 Å². The van der Waals surface area contributed by atoms with Crippen molar-refractivity contribution in [3.05, 3.63) is 53.7 Å². The first-order valence-electron chi connectivity index (χ1n) is 5.72. The Morgan fingerprint density at radius 1 is 1.17 bits per heavy atom. The van der Waals surface area contributed by atoms with Gasteiger partial charge in [-0.1, -0.05) is 18.2 Å². The molecule has 1 heterocycles. The summed E-state index contributed by atoms with van der Waals surface area (Å²) < 4.78 is 10.7. The molecule has 0 aliphatic rings. The van der Waals surface area contributed by atoms with Crippen molar-refractivity contribution in [2.45, 2.75) is 13.2 Å². The Morgan fingerprint density at radius 2 is 2.06 bits per heavy atom. The van der Waals surface area contributed by atoms with E-state index in [9.17, 15) is 0 Å². The first-order valence-corrected chi connectivity index (χ1v) is 5.72. The molecule has 1 aromatic carbocycles. The molecule has 2 rings (SSSR count). The average molecular weight is 244 g/mol. The molecule has 0 saturated heterocycles. The molecule has 94 valence electrons. The van der Waals surface area contributed by atoms with Crippen molar-refractivity contribution in [2.24, 2.45) is 5.73 Å². The highest BCUT2D eigenvalue weighted by Crippen LogP contribution is 2.20. The molecule has 0 aliphatic carbocycles. The maximum absolute atomic E-state index is 5.66. The molecule has 4 nitrogen and oxygen atoms in total. The summed E-state index contributed by atoms with van der Waals surface area (Å²) in [6, 6.07) is 11.4. The van der Waals surface area contributed by atoms with E-state index >= 15 is 0 Å². The van der Waals surface area contributed by atoms with E-state index in [0.717, 1.165) is 16.9 Å².